The van der Waals surface area contributed by atoms with E-state index in [4.69, 9.17) is 4.74 Å². The van der Waals surface area contributed by atoms with Crippen molar-refractivity contribution in [3.05, 3.63) is 48.3 Å². The van der Waals surface area contributed by atoms with Crippen LogP contribution in [0.2, 0.25) is 0 Å². The summed E-state index contributed by atoms with van der Waals surface area (Å²) in [6.07, 6.45) is 6.48. The third-order valence-electron chi connectivity index (χ3n) is 5.09. The van der Waals surface area contributed by atoms with Crippen LogP contribution in [0.4, 0.5) is 11.6 Å². The molecule has 1 aliphatic rings. The molecule has 150 valence electrons. The van der Waals surface area contributed by atoms with Crippen molar-refractivity contribution in [2.75, 3.05) is 17.7 Å². The molecule has 1 fully saturated rings. The summed E-state index contributed by atoms with van der Waals surface area (Å²) >= 11 is 0. The lowest BCUT2D eigenvalue weighted by molar-refractivity contribution is 0.102. The van der Waals surface area contributed by atoms with Gasteiger partial charge in [0, 0.05) is 29.4 Å². The predicted octanol–water partition coefficient (Wildman–Crippen LogP) is 3.00. The number of nitrogens with zero attached hydrogens (tertiary/aromatic N) is 3. The topological polar surface area (TPSA) is 109 Å². The fourth-order valence-electron chi connectivity index (χ4n) is 3.48. The van der Waals surface area contributed by atoms with E-state index in [1.165, 1.54) is 7.11 Å². The normalized spacial score (nSPS) is 19.0. The maximum atomic E-state index is 12.7. The number of aliphatic hydroxyl groups is 1. The van der Waals surface area contributed by atoms with Crippen molar-refractivity contribution in [1.82, 2.24) is 15.0 Å². The van der Waals surface area contributed by atoms with Gasteiger partial charge in [-0.25, -0.2) is 15.0 Å². The van der Waals surface area contributed by atoms with Crippen molar-refractivity contribution in [2.24, 2.45) is 0 Å². The molecule has 0 bridgehead atoms. The number of ether oxygens (including phenoxy) is 1. The molecule has 2 heterocycles. The Balaban J connectivity index is 1.52. The van der Waals surface area contributed by atoms with Crippen LogP contribution in [0, 0.1) is 0 Å². The molecule has 0 aliphatic heterocycles. The highest BCUT2D eigenvalue weighted by atomic mass is 16.5. The van der Waals surface area contributed by atoms with Gasteiger partial charge < -0.3 is 20.5 Å². The Bertz CT molecular complexity index is 1020. The van der Waals surface area contributed by atoms with E-state index >= 15 is 0 Å². The smallest absolute Gasteiger partial charge is 0.255 e. The standard InChI is InChI=1S/C21H23N5O3/c1-29-20-17(3-2-10-22-20)25-19(28)13-4-5-14-12-23-21(26-18(14)11-13)24-15-6-8-16(27)9-7-15/h2-5,10-12,15-16,27H,6-9H2,1H3,(H,25,28)(H,23,24,26). The van der Waals surface area contributed by atoms with Crippen molar-refractivity contribution in [1.29, 1.82) is 0 Å². The minimum atomic E-state index is -0.271. The molecule has 0 radical (unpaired) electrons. The number of aromatic nitrogens is 3. The average Bonchev–Trinajstić information content (AvgIpc) is 2.75. The molecule has 3 aromatic rings. The number of methoxy groups -OCH3 is 1. The van der Waals surface area contributed by atoms with Crippen molar-refractivity contribution < 1.29 is 14.6 Å². The molecule has 1 aromatic carbocycles. The molecule has 1 amide bonds. The summed E-state index contributed by atoms with van der Waals surface area (Å²) in [4.78, 5) is 25.7. The van der Waals surface area contributed by atoms with Crippen molar-refractivity contribution in [3.8, 4) is 5.88 Å². The quantitative estimate of drug-likeness (QED) is 0.611. The first kappa shape index (κ1) is 19.1. The van der Waals surface area contributed by atoms with Gasteiger partial charge in [0.25, 0.3) is 5.91 Å². The van der Waals surface area contributed by atoms with Crippen LogP contribution in [0.1, 0.15) is 36.0 Å². The highest BCUT2D eigenvalue weighted by Gasteiger charge is 2.20. The van der Waals surface area contributed by atoms with Crippen LogP contribution >= 0.6 is 0 Å². The summed E-state index contributed by atoms with van der Waals surface area (Å²) in [6.45, 7) is 0. The van der Waals surface area contributed by atoms with E-state index in [0.29, 0.717) is 28.6 Å². The molecule has 3 N–H and O–H groups in total. The second-order valence-electron chi connectivity index (χ2n) is 7.13. The zero-order valence-electron chi connectivity index (χ0n) is 16.1. The van der Waals surface area contributed by atoms with Crippen LogP contribution in [0.5, 0.6) is 5.88 Å². The fraction of sp³-hybridized carbons (Fsp3) is 0.333. The number of carbonyl (C=O) groups excluding carboxylic acids is 1. The molecule has 0 atom stereocenters. The first-order valence-corrected chi connectivity index (χ1v) is 9.64. The third-order valence-corrected chi connectivity index (χ3v) is 5.09. The van der Waals surface area contributed by atoms with Gasteiger partial charge in [-0.2, -0.15) is 0 Å². The second kappa shape index (κ2) is 8.40. The number of nitrogens with one attached hydrogen (secondary N) is 2. The lowest BCUT2D eigenvalue weighted by Gasteiger charge is -2.26. The summed E-state index contributed by atoms with van der Waals surface area (Å²) in [7, 11) is 1.51. The van der Waals surface area contributed by atoms with Gasteiger partial charge in [-0.3, -0.25) is 4.79 Å². The molecule has 0 unspecified atom stereocenters. The minimum absolute atomic E-state index is 0.204. The van der Waals surface area contributed by atoms with Crippen molar-refractivity contribution in [3.63, 3.8) is 0 Å². The van der Waals surface area contributed by atoms with E-state index in [1.54, 1.807) is 36.7 Å². The molecule has 1 aliphatic carbocycles. The lowest BCUT2D eigenvalue weighted by atomic mass is 9.93. The number of aliphatic hydroxyl groups excluding tert-OH is 1. The van der Waals surface area contributed by atoms with E-state index in [1.807, 2.05) is 6.07 Å². The number of pyridine rings is 1. The fourth-order valence-corrected chi connectivity index (χ4v) is 3.48. The maximum Gasteiger partial charge on any atom is 0.255 e. The number of rotatable bonds is 5. The maximum absolute atomic E-state index is 12.7. The highest BCUT2D eigenvalue weighted by molar-refractivity contribution is 6.06. The molecule has 8 heteroatoms. The van der Waals surface area contributed by atoms with Gasteiger partial charge in [0.2, 0.25) is 11.8 Å². The van der Waals surface area contributed by atoms with Gasteiger partial charge in [-0.1, -0.05) is 6.07 Å². The Morgan fingerprint density at radius 2 is 2.00 bits per heavy atom. The largest absolute Gasteiger partial charge is 0.480 e. The Morgan fingerprint density at radius 1 is 1.17 bits per heavy atom. The van der Waals surface area contributed by atoms with Gasteiger partial charge in [0.05, 0.1) is 18.7 Å². The zero-order chi connectivity index (χ0) is 20.2. The Morgan fingerprint density at radius 3 is 2.79 bits per heavy atom. The average molecular weight is 393 g/mol. The van der Waals surface area contributed by atoms with E-state index in [2.05, 4.69) is 25.6 Å². The summed E-state index contributed by atoms with van der Waals surface area (Å²) < 4.78 is 5.18. The molecule has 29 heavy (non-hydrogen) atoms. The molecular formula is C21H23N5O3. The van der Waals surface area contributed by atoms with Crippen LogP contribution in [0.25, 0.3) is 10.9 Å². The number of amides is 1. The zero-order valence-corrected chi connectivity index (χ0v) is 16.1. The van der Waals surface area contributed by atoms with Crippen molar-refractivity contribution in [2.45, 2.75) is 37.8 Å². The lowest BCUT2D eigenvalue weighted by Crippen LogP contribution is -2.28. The van der Waals surface area contributed by atoms with Crippen LogP contribution < -0.4 is 15.4 Å². The van der Waals surface area contributed by atoms with E-state index in [0.717, 1.165) is 31.1 Å². The molecular weight excluding hydrogens is 370 g/mol. The number of hydrogen-bond acceptors (Lipinski definition) is 7. The number of benzene rings is 1. The molecule has 0 saturated heterocycles. The number of fused-ring (bicyclic) bond motifs is 1. The Kier molecular flexibility index (Phi) is 5.53. The Labute approximate surface area is 168 Å². The molecule has 1 saturated carbocycles. The van der Waals surface area contributed by atoms with Crippen LogP contribution in [-0.2, 0) is 0 Å². The monoisotopic (exact) mass is 393 g/mol. The number of hydrogen-bond donors (Lipinski definition) is 3. The third kappa shape index (κ3) is 4.43. The SMILES string of the molecule is COc1ncccc1NC(=O)c1ccc2cnc(NC3CCC(O)CC3)nc2c1. The first-order valence-electron chi connectivity index (χ1n) is 9.64. The minimum Gasteiger partial charge on any atom is -0.480 e. The van der Waals surface area contributed by atoms with E-state index in [9.17, 15) is 9.90 Å². The van der Waals surface area contributed by atoms with E-state index in [-0.39, 0.29) is 18.1 Å². The second-order valence-corrected chi connectivity index (χ2v) is 7.13. The van der Waals surface area contributed by atoms with Gasteiger partial charge in [-0.05, 0) is 49.9 Å². The molecule has 8 nitrogen and oxygen atoms in total. The van der Waals surface area contributed by atoms with E-state index < -0.39 is 0 Å². The molecule has 2 aromatic heterocycles. The predicted molar refractivity (Wildman–Crippen MR) is 110 cm³/mol. The summed E-state index contributed by atoms with van der Waals surface area (Å²) in [5.41, 5.74) is 1.67. The van der Waals surface area contributed by atoms with Crippen LogP contribution in [-0.4, -0.2) is 45.2 Å². The van der Waals surface area contributed by atoms with Crippen LogP contribution in [0.15, 0.2) is 42.7 Å². The summed E-state index contributed by atoms with van der Waals surface area (Å²) in [5.74, 6) is 0.617. The summed E-state index contributed by atoms with van der Waals surface area (Å²) in [6, 6.07) is 9.01. The van der Waals surface area contributed by atoms with Gasteiger partial charge >= 0.3 is 0 Å². The van der Waals surface area contributed by atoms with Gasteiger partial charge in [0.1, 0.15) is 5.69 Å². The van der Waals surface area contributed by atoms with Crippen LogP contribution in [0.3, 0.4) is 0 Å². The first-order chi connectivity index (χ1) is 14.1. The van der Waals surface area contributed by atoms with Gasteiger partial charge in [-0.15, -0.1) is 0 Å². The Hall–Kier alpha value is -3.26. The van der Waals surface area contributed by atoms with Gasteiger partial charge in [0.15, 0.2) is 0 Å². The number of anilines is 2. The highest BCUT2D eigenvalue weighted by Crippen LogP contribution is 2.23. The summed E-state index contributed by atoms with van der Waals surface area (Å²) in [5, 5.41) is 16.7. The number of carbonyl (C=O) groups is 1. The van der Waals surface area contributed by atoms with Crippen molar-refractivity contribution >= 4 is 28.4 Å². The molecule has 4 rings (SSSR count). The molecule has 0 spiro atoms.